The molecule has 1 spiro atoms. The lowest BCUT2D eigenvalue weighted by Crippen LogP contribution is -2.38. The van der Waals surface area contributed by atoms with Crippen LogP contribution in [0.3, 0.4) is 0 Å². The summed E-state index contributed by atoms with van der Waals surface area (Å²) >= 11 is 0. The molecular formula is C19H28Cl2N4. The summed E-state index contributed by atoms with van der Waals surface area (Å²) in [5.74, 6) is 0. The molecule has 1 aromatic heterocycles. The first-order chi connectivity index (χ1) is 11.3. The Balaban J connectivity index is 0.00000113. The minimum absolute atomic E-state index is 0. The van der Waals surface area contributed by atoms with Gasteiger partial charge in [-0.15, -0.1) is 24.8 Å². The summed E-state index contributed by atoms with van der Waals surface area (Å²) in [6, 6.07) is 10.8. The van der Waals surface area contributed by atoms with Crippen LogP contribution < -0.4 is 5.32 Å². The molecule has 0 unspecified atom stereocenters. The minimum Gasteiger partial charge on any atom is -0.317 e. The molecule has 2 saturated heterocycles. The molecule has 0 saturated carbocycles. The van der Waals surface area contributed by atoms with E-state index >= 15 is 0 Å². The molecule has 4 nitrogen and oxygen atoms in total. The van der Waals surface area contributed by atoms with Gasteiger partial charge in [0, 0.05) is 25.5 Å². The van der Waals surface area contributed by atoms with Gasteiger partial charge in [-0.2, -0.15) is 5.10 Å². The van der Waals surface area contributed by atoms with E-state index in [0.29, 0.717) is 5.41 Å². The van der Waals surface area contributed by atoms with Gasteiger partial charge in [-0.3, -0.25) is 9.58 Å². The first-order valence-electron chi connectivity index (χ1n) is 8.80. The summed E-state index contributed by atoms with van der Waals surface area (Å²) in [7, 11) is 0. The van der Waals surface area contributed by atoms with E-state index in [1.165, 1.54) is 56.6 Å². The zero-order valence-corrected chi connectivity index (χ0v) is 16.2. The van der Waals surface area contributed by atoms with E-state index < -0.39 is 0 Å². The Morgan fingerprint density at radius 1 is 0.960 bits per heavy atom. The van der Waals surface area contributed by atoms with E-state index in [1.54, 1.807) is 0 Å². The quantitative estimate of drug-likeness (QED) is 0.879. The maximum Gasteiger partial charge on any atom is 0.0662 e. The van der Waals surface area contributed by atoms with Crippen molar-refractivity contribution in [2.75, 3.05) is 26.2 Å². The fraction of sp³-hybridized carbons (Fsp3) is 0.526. The molecule has 4 rings (SSSR count). The van der Waals surface area contributed by atoms with Gasteiger partial charge in [0.25, 0.3) is 0 Å². The van der Waals surface area contributed by atoms with Crippen LogP contribution in [-0.2, 0) is 13.1 Å². The highest BCUT2D eigenvalue weighted by Gasteiger charge is 2.38. The van der Waals surface area contributed by atoms with Crippen LogP contribution in [0.2, 0.25) is 0 Å². The molecule has 2 aromatic rings. The van der Waals surface area contributed by atoms with Crippen LogP contribution in [0.15, 0.2) is 42.7 Å². The maximum atomic E-state index is 4.35. The third kappa shape index (κ3) is 4.76. The van der Waals surface area contributed by atoms with Crippen molar-refractivity contribution in [2.24, 2.45) is 5.41 Å². The average Bonchev–Trinajstić information content (AvgIpc) is 3.21. The number of nitrogens with one attached hydrogen (secondary N) is 1. The smallest absolute Gasteiger partial charge is 0.0662 e. The van der Waals surface area contributed by atoms with Gasteiger partial charge < -0.3 is 5.32 Å². The first-order valence-corrected chi connectivity index (χ1v) is 8.80. The monoisotopic (exact) mass is 382 g/mol. The number of aromatic nitrogens is 2. The molecule has 0 bridgehead atoms. The molecule has 3 heterocycles. The number of nitrogens with zero attached hydrogens (tertiary/aromatic N) is 3. The highest BCUT2D eigenvalue weighted by atomic mass is 35.5. The molecule has 0 amide bonds. The van der Waals surface area contributed by atoms with Crippen molar-refractivity contribution in [2.45, 2.75) is 32.4 Å². The van der Waals surface area contributed by atoms with Crippen LogP contribution >= 0.6 is 24.8 Å². The van der Waals surface area contributed by atoms with E-state index in [0.717, 1.165) is 13.1 Å². The summed E-state index contributed by atoms with van der Waals surface area (Å²) in [6.45, 7) is 6.85. The fourth-order valence-electron chi connectivity index (χ4n) is 4.20. The lowest BCUT2D eigenvalue weighted by atomic mass is 9.78. The fourth-order valence-corrected chi connectivity index (χ4v) is 4.20. The Kier molecular flexibility index (Phi) is 7.32. The van der Waals surface area contributed by atoms with Gasteiger partial charge in [0.15, 0.2) is 0 Å². The van der Waals surface area contributed by atoms with Crippen molar-refractivity contribution in [1.29, 1.82) is 0 Å². The lowest BCUT2D eigenvalue weighted by molar-refractivity contribution is 0.194. The predicted octanol–water partition coefficient (Wildman–Crippen LogP) is 3.35. The Morgan fingerprint density at radius 2 is 1.68 bits per heavy atom. The number of hydrogen-bond acceptors (Lipinski definition) is 3. The number of piperidine rings is 1. The Labute approximate surface area is 162 Å². The third-order valence-electron chi connectivity index (χ3n) is 5.59. The molecule has 0 radical (unpaired) electrons. The van der Waals surface area contributed by atoms with E-state index in [1.807, 2.05) is 23.1 Å². The second-order valence-corrected chi connectivity index (χ2v) is 7.18. The second-order valence-electron chi connectivity index (χ2n) is 7.18. The number of rotatable bonds is 4. The van der Waals surface area contributed by atoms with Gasteiger partial charge in [0.1, 0.15) is 0 Å². The van der Waals surface area contributed by atoms with Gasteiger partial charge in [0.2, 0.25) is 0 Å². The lowest BCUT2D eigenvalue weighted by Gasteiger charge is -2.34. The summed E-state index contributed by atoms with van der Waals surface area (Å²) in [5, 5.41) is 7.85. The number of likely N-dealkylation sites (tertiary alicyclic amines) is 1. The van der Waals surface area contributed by atoms with Crippen LogP contribution in [0, 0.1) is 5.41 Å². The van der Waals surface area contributed by atoms with Crippen molar-refractivity contribution in [3.05, 3.63) is 53.9 Å². The molecule has 25 heavy (non-hydrogen) atoms. The van der Waals surface area contributed by atoms with Gasteiger partial charge in [-0.25, -0.2) is 0 Å². The molecule has 138 valence electrons. The van der Waals surface area contributed by atoms with Crippen molar-refractivity contribution in [3.8, 4) is 0 Å². The van der Waals surface area contributed by atoms with Crippen LogP contribution in [0.25, 0.3) is 0 Å². The van der Waals surface area contributed by atoms with Crippen molar-refractivity contribution < 1.29 is 0 Å². The van der Waals surface area contributed by atoms with E-state index in [9.17, 15) is 0 Å². The SMILES string of the molecule is Cl.Cl.c1ccc(Cn2cccn2)c(CN2CCC3(CCNCC3)C2)c1. The van der Waals surface area contributed by atoms with Gasteiger partial charge >= 0.3 is 0 Å². The zero-order valence-electron chi connectivity index (χ0n) is 14.6. The largest absolute Gasteiger partial charge is 0.317 e. The average molecular weight is 383 g/mol. The standard InChI is InChI=1S/C19H26N4.2ClH/c1-2-5-18(15-23-12-3-9-21-23)17(4-1)14-22-13-8-19(16-22)6-10-20-11-7-19;;/h1-5,9,12,20H,6-8,10-11,13-16H2;2*1H. The number of hydrogen-bond donors (Lipinski definition) is 1. The van der Waals surface area contributed by atoms with E-state index in [4.69, 9.17) is 0 Å². The van der Waals surface area contributed by atoms with Gasteiger partial charge in [0.05, 0.1) is 6.54 Å². The number of benzene rings is 1. The van der Waals surface area contributed by atoms with E-state index in [-0.39, 0.29) is 24.8 Å². The first kappa shape index (κ1) is 20.2. The minimum atomic E-state index is 0. The summed E-state index contributed by atoms with van der Waals surface area (Å²) < 4.78 is 2.01. The van der Waals surface area contributed by atoms with E-state index in [2.05, 4.69) is 39.6 Å². The Hall–Kier alpha value is -1.07. The summed E-state index contributed by atoms with van der Waals surface area (Å²) in [5.41, 5.74) is 3.43. The topological polar surface area (TPSA) is 33.1 Å². The molecule has 1 aromatic carbocycles. The van der Waals surface area contributed by atoms with Crippen molar-refractivity contribution in [1.82, 2.24) is 20.0 Å². The molecule has 2 aliphatic heterocycles. The van der Waals surface area contributed by atoms with Crippen LogP contribution in [-0.4, -0.2) is 40.9 Å². The van der Waals surface area contributed by atoms with Crippen molar-refractivity contribution >= 4 is 24.8 Å². The van der Waals surface area contributed by atoms with Crippen LogP contribution in [0.1, 0.15) is 30.4 Å². The second kappa shape index (κ2) is 9.04. The normalized spacial score (nSPS) is 19.4. The number of halogens is 2. The molecular weight excluding hydrogens is 355 g/mol. The summed E-state index contributed by atoms with van der Waals surface area (Å²) in [4.78, 5) is 2.66. The highest BCUT2D eigenvalue weighted by molar-refractivity contribution is 5.85. The van der Waals surface area contributed by atoms with Gasteiger partial charge in [-0.05, 0) is 61.5 Å². The van der Waals surface area contributed by atoms with Crippen molar-refractivity contribution in [3.63, 3.8) is 0 Å². The van der Waals surface area contributed by atoms with Crippen LogP contribution in [0.4, 0.5) is 0 Å². The molecule has 2 aliphatic rings. The molecule has 2 fully saturated rings. The molecule has 0 atom stereocenters. The van der Waals surface area contributed by atoms with Gasteiger partial charge in [-0.1, -0.05) is 24.3 Å². The molecule has 6 heteroatoms. The third-order valence-corrected chi connectivity index (χ3v) is 5.59. The zero-order chi connectivity index (χ0) is 15.5. The highest BCUT2D eigenvalue weighted by Crippen LogP contribution is 2.39. The predicted molar refractivity (Wildman–Crippen MR) is 107 cm³/mol. The maximum absolute atomic E-state index is 4.35. The molecule has 1 N–H and O–H groups in total. The Morgan fingerprint density at radius 3 is 2.36 bits per heavy atom. The molecule has 0 aliphatic carbocycles. The Bertz CT molecular complexity index is 639. The van der Waals surface area contributed by atoms with Crippen LogP contribution in [0.5, 0.6) is 0 Å². The summed E-state index contributed by atoms with van der Waals surface area (Å²) in [6.07, 6.45) is 7.95.